The first-order valence-electron chi connectivity index (χ1n) is 8.96. The smallest absolute Gasteiger partial charge is 0.343 e. The molecule has 0 spiro atoms. The fourth-order valence-corrected chi connectivity index (χ4v) is 2.24. The van der Waals surface area contributed by atoms with Crippen LogP contribution in [0.4, 0.5) is 5.69 Å². The van der Waals surface area contributed by atoms with E-state index in [0.717, 1.165) is 0 Å². The predicted octanol–water partition coefficient (Wildman–Crippen LogP) is 1.97. The van der Waals surface area contributed by atoms with Gasteiger partial charge in [-0.3, -0.25) is 9.59 Å². The van der Waals surface area contributed by atoms with Crippen LogP contribution in [-0.2, 0) is 14.3 Å². The molecule has 0 bridgehead atoms. The van der Waals surface area contributed by atoms with Gasteiger partial charge >= 0.3 is 5.97 Å². The van der Waals surface area contributed by atoms with Crippen molar-refractivity contribution in [1.29, 1.82) is 0 Å². The Morgan fingerprint density at radius 3 is 2.20 bits per heavy atom. The van der Waals surface area contributed by atoms with Crippen molar-refractivity contribution >= 4 is 23.5 Å². The Kier molecular flexibility index (Phi) is 8.04. The molecule has 0 unspecified atom stereocenters. The fourth-order valence-electron chi connectivity index (χ4n) is 2.24. The van der Waals surface area contributed by atoms with E-state index in [-0.39, 0.29) is 25.0 Å². The third-order valence-electron chi connectivity index (χ3n) is 3.97. The second-order valence-electron chi connectivity index (χ2n) is 6.29. The van der Waals surface area contributed by atoms with Crippen LogP contribution in [0.25, 0.3) is 0 Å². The summed E-state index contributed by atoms with van der Waals surface area (Å²) in [6, 6.07) is 11.2. The summed E-state index contributed by atoms with van der Waals surface area (Å²) >= 11 is 0. The fraction of sp³-hybridized carbons (Fsp3) is 0.286. The lowest BCUT2D eigenvalue weighted by Crippen LogP contribution is -2.27. The number of esters is 1. The lowest BCUT2D eigenvalue weighted by molar-refractivity contribution is -0.143. The number of ether oxygens (including phenoxy) is 4. The third-order valence-corrected chi connectivity index (χ3v) is 3.97. The molecule has 30 heavy (non-hydrogen) atoms. The van der Waals surface area contributed by atoms with Crippen LogP contribution in [0.3, 0.4) is 0 Å². The van der Waals surface area contributed by atoms with Gasteiger partial charge in [0.05, 0.1) is 14.2 Å². The first kappa shape index (κ1) is 22.5. The predicted molar refractivity (Wildman–Crippen MR) is 109 cm³/mol. The monoisotopic (exact) mass is 416 g/mol. The minimum absolute atomic E-state index is 0.0666. The second-order valence-corrected chi connectivity index (χ2v) is 6.29. The van der Waals surface area contributed by atoms with E-state index < -0.39 is 5.97 Å². The maximum absolute atomic E-state index is 12.5. The largest absolute Gasteiger partial charge is 0.493 e. The van der Waals surface area contributed by atoms with E-state index >= 15 is 0 Å². The van der Waals surface area contributed by atoms with Gasteiger partial charge in [-0.05, 0) is 42.5 Å². The number of anilines is 1. The summed E-state index contributed by atoms with van der Waals surface area (Å²) in [6.45, 7) is -0.337. The topological polar surface area (TPSA) is 103 Å². The Bertz CT molecular complexity index is 895. The molecule has 0 radical (unpaired) electrons. The molecule has 2 rings (SSSR count). The van der Waals surface area contributed by atoms with Gasteiger partial charge in [0.25, 0.3) is 11.8 Å². The summed E-state index contributed by atoms with van der Waals surface area (Å²) in [5, 5.41) is 2.76. The normalized spacial score (nSPS) is 10.0. The number of hydrogen-bond acceptors (Lipinski definition) is 7. The van der Waals surface area contributed by atoms with Crippen LogP contribution in [0.5, 0.6) is 17.2 Å². The average Bonchev–Trinajstić information content (AvgIpc) is 2.76. The van der Waals surface area contributed by atoms with Gasteiger partial charge in [-0.25, -0.2) is 4.79 Å². The van der Waals surface area contributed by atoms with E-state index in [9.17, 15) is 14.4 Å². The van der Waals surface area contributed by atoms with Crippen LogP contribution in [0, 0.1) is 0 Å². The Morgan fingerprint density at radius 1 is 0.900 bits per heavy atom. The summed E-state index contributed by atoms with van der Waals surface area (Å²) in [5.74, 6) is 0.0908. The highest BCUT2D eigenvalue weighted by atomic mass is 16.6. The molecular formula is C21H24N2O7. The van der Waals surface area contributed by atoms with Gasteiger partial charge in [-0.15, -0.1) is 0 Å². The number of nitrogens with zero attached hydrogens (tertiary/aromatic N) is 1. The highest BCUT2D eigenvalue weighted by Gasteiger charge is 2.13. The molecule has 0 aliphatic carbocycles. The summed E-state index contributed by atoms with van der Waals surface area (Å²) in [7, 11) is 5.99. The van der Waals surface area contributed by atoms with Crippen LogP contribution in [0.15, 0.2) is 42.5 Å². The van der Waals surface area contributed by atoms with Gasteiger partial charge in [-0.2, -0.15) is 0 Å². The number of amides is 2. The molecule has 1 N–H and O–H groups in total. The molecule has 9 heteroatoms. The van der Waals surface area contributed by atoms with Crippen molar-refractivity contribution in [2.45, 2.75) is 0 Å². The van der Waals surface area contributed by atoms with Crippen LogP contribution < -0.4 is 19.5 Å². The minimum atomic E-state index is -0.530. The van der Waals surface area contributed by atoms with Crippen LogP contribution in [0.2, 0.25) is 0 Å². The maximum atomic E-state index is 12.5. The van der Waals surface area contributed by atoms with E-state index in [1.165, 1.54) is 31.3 Å². The lowest BCUT2D eigenvalue weighted by Gasteiger charge is -2.13. The average molecular weight is 416 g/mol. The van der Waals surface area contributed by atoms with E-state index in [4.69, 9.17) is 14.2 Å². The third kappa shape index (κ3) is 6.40. The van der Waals surface area contributed by atoms with Crippen molar-refractivity contribution in [3.63, 3.8) is 0 Å². The Labute approximate surface area is 174 Å². The molecule has 0 atom stereocenters. The number of likely N-dealkylation sites (N-methyl/N-ethyl adjacent to an activating group) is 1. The summed E-state index contributed by atoms with van der Waals surface area (Å²) in [4.78, 5) is 36.7. The quantitative estimate of drug-likeness (QED) is 0.623. The molecular weight excluding hydrogens is 392 g/mol. The number of benzene rings is 2. The van der Waals surface area contributed by atoms with Crippen molar-refractivity contribution < 1.29 is 33.3 Å². The number of rotatable bonds is 9. The van der Waals surface area contributed by atoms with Crippen molar-refractivity contribution in [3.8, 4) is 17.2 Å². The molecule has 160 valence electrons. The van der Waals surface area contributed by atoms with Gasteiger partial charge < -0.3 is 29.2 Å². The van der Waals surface area contributed by atoms with Crippen molar-refractivity contribution in [2.75, 3.05) is 46.8 Å². The zero-order valence-corrected chi connectivity index (χ0v) is 17.3. The van der Waals surface area contributed by atoms with Crippen LogP contribution in [0.1, 0.15) is 10.4 Å². The number of carbonyl (C=O) groups is 3. The molecule has 2 aromatic carbocycles. The van der Waals surface area contributed by atoms with Crippen molar-refractivity contribution in [2.24, 2.45) is 0 Å². The highest BCUT2D eigenvalue weighted by molar-refractivity contribution is 6.04. The van der Waals surface area contributed by atoms with E-state index in [1.54, 1.807) is 44.4 Å². The zero-order chi connectivity index (χ0) is 22.1. The minimum Gasteiger partial charge on any atom is -0.493 e. The van der Waals surface area contributed by atoms with Gasteiger partial charge in [0.2, 0.25) is 0 Å². The summed E-state index contributed by atoms with van der Waals surface area (Å²) in [6.07, 6.45) is 0. The number of hydrogen-bond donors (Lipinski definition) is 1. The summed E-state index contributed by atoms with van der Waals surface area (Å²) in [5.41, 5.74) is 0.894. The Balaban J connectivity index is 1.99. The summed E-state index contributed by atoms with van der Waals surface area (Å²) < 4.78 is 20.5. The molecule has 0 aromatic heterocycles. The van der Waals surface area contributed by atoms with Crippen molar-refractivity contribution in [3.05, 3.63) is 48.0 Å². The maximum Gasteiger partial charge on any atom is 0.343 e. The van der Waals surface area contributed by atoms with Crippen molar-refractivity contribution in [1.82, 2.24) is 4.90 Å². The first-order chi connectivity index (χ1) is 14.3. The molecule has 9 nitrogen and oxygen atoms in total. The molecule has 2 aromatic rings. The number of nitrogens with one attached hydrogen (secondary N) is 1. The molecule has 0 aliphatic heterocycles. The number of methoxy groups -OCH3 is 2. The molecule has 0 aliphatic rings. The van der Waals surface area contributed by atoms with E-state index in [2.05, 4.69) is 10.1 Å². The van der Waals surface area contributed by atoms with Crippen LogP contribution >= 0.6 is 0 Å². The van der Waals surface area contributed by atoms with Gasteiger partial charge in [0.1, 0.15) is 5.75 Å². The molecule has 0 saturated carbocycles. The van der Waals surface area contributed by atoms with Gasteiger partial charge in [-0.1, -0.05) is 0 Å². The highest BCUT2D eigenvalue weighted by Crippen LogP contribution is 2.28. The van der Waals surface area contributed by atoms with Crippen LogP contribution in [-0.4, -0.2) is 64.2 Å². The number of carbonyl (C=O) groups excluding carboxylic acids is 3. The zero-order valence-electron chi connectivity index (χ0n) is 17.3. The van der Waals surface area contributed by atoms with E-state index in [0.29, 0.717) is 28.5 Å². The van der Waals surface area contributed by atoms with Gasteiger partial charge in [0, 0.05) is 25.3 Å². The lowest BCUT2D eigenvalue weighted by atomic mass is 10.2. The van der Waals surface area contributed by atoms with Gasteiger partial charge in [0.15, 0.2) is 24.7 Å². The Hall–Kier alpha value is -3.75. The second kappa shape index (κ2) is 10.7. The van der Waals surface area contributed by atoms with E-state index in [1.807, 2.05) is 0 Å². The Morgan fingerprint density at radius 2 is 1.60 bits per heavy atom. The molecule has 0 fully saturated rings. The standard InChI is InChI=1S/C21H24N2O7/c1-23(2)19(24)12-29-16-8-6-15(7-9-16)22-21(26)14-5-10-17(18(11-14)27-3)30-13-20(25)28-4/h5-11H,12-13H2,1-4H3,(H,22,26). The first-order valence-corrected chi connectivity index (χ1v) is 8.96. The SMILES string of the molecule is COC(=O)COc1ccc(C(=O)Nc2ccc(OCC(=O)N(C)C)cc2)cc1OC. The molecule has 0 saturated heterocycles. The molecule has 2 amide bonds. The molecule has 0 heterocycles.